The van der Waals surface area contributed by atoms with Gasteiger partial charge in [-0.05, 0) is 71.0 Å². The van der Waals surface area contributed by atoms with E-state index in [2.05, 4.69) is 40.9 Å². The second-order valence-electron chi connectivity index (χ2n) is 10.1. The molecule has 0 saturated carbocycles. The number of benzene rings is 4. The van der Waals surface area contributed by atoms with Gasteiger partial charge in [-0.3, -0.25) is 14.2 Å². The molecule has 0 atom stereocenters. The van der Waals surface area contributed by atoms with Gasteiger partial charge in [0, 0.05) is 10.4 Å². The van der Waals surface area contributed by atoms with Gasteiger partial charge in [0.1, 0.15) is 4.83 Å². The summed E-state index contributed by atoms with van der Waals surface area (Å²) >= 11 is 2.87. The van der Waals surface area contributed by atoms with Gasteiger partial charge in [-0.2, -0.15) is 5.10 Å². The Morgan fingerprint density at radius 2 is 1.63 bits per heavy atom. The maximum atomic E-state index is 13.9. The summed E-state index contributed by atoms with van der Waals surface area (Å²) in [5.74, 6) is -0.195. The Balaban J connectivity index is 1.17. The number of nitrogens with one attached hydrogen (secondary N) is 1. The number of hydrogen-bond donors (Lipinski definition) is 1. The van der Waals surface area contributed by atoms with Crippen LogP contribution in [0, 0.1) is 0 Å². The lowest BCUT2D eigenvalue weighted by molar-refractivity contribution is -0.118. The Morgan fingerprint density at radius 1 is 0.951 bits per heavy atom. The van der Waals surface area contributed by atoms with E-state index in [9.17, 15) is 9.59 Å². The quantitative estimate of drug-likeness (QED) is 0.0774. The van der Waals surface area contributed by atoms with Crippen LogP contribution in [0.1, 0.15) is 28.8 Å². The Labute approximate surface area is 244 Å². The first-order chi connectivity index (χ1) is 20.2. The van der Waals surface area contributed by atoms with Crippen molar-refractivity contribution in [1.82, 2.24) is 15.0 Å². The zero-order valence-corrected chi connectivity index (χ0v) is 23.8. The van der Waals surface area contributed by atoms with Gasteiger partial charge >= 0.3 is 0 Å². The van der Waals surface area contributed by atoms with Gasteiger partial charge in [-0.1, -0.05) is 78.5 Å². The van der Waals surface area contributed by atoms with Crippen molar-refractivity contribution in [1.29, 1.82) is 0 Å². The van der Waals surface area contributed by atoms with Crippen molar-refractivity contribution in [3.63, 3.8) is 0 Å². The number of carbonyl (C=O) groups excluding carboxylic acids is 1. The minimum absolute atomic E-state index is 0.0654. The van der Waals surface area contributed by atoms with Gasteiger partial charge in [0.2, 0.25) is 0 Å². The van der Waals surface area contributed by atoms with Gasteiger partial charge in [-0.25, -0.2) is 10.4 Å². The summed E-state index contributed by atoms with van der Waals surface area (Å²) in [5.41, 5.74) is 5.47. The number of fused-ring (bicyclic) bond motifs is 5. The zero-order valence-electron chi connectivity index (χ0n) is 22.2. The number of amides is 1. The average Bonchev–Trinajstić information content (AvgIpc) is 3.39. The van der Waals surface area contributed by atoms with Crippen LogP contribution >= 0.6 is 23.1 Å². The van der Waals surface area contributed by atoms with E-state index in [4.69, 9.17) is 4.98 Å². The summed E-state index contributed by atoms with van der Waals surface area (Å²) in [6.45, 7) is 0. The third kappa shape index (κ3) is 4.83. The number of hydrazone groups is 1. The van der Waals surface area contributed by atoms with Crippen molar-refractivity contribution >= 4 is 67.0 Å². The number of aromatic nitrogens is 2. The molecule has 6 aromatic rings. The van der Waals surface area contributed by atoms with Crippen molar-refractivity contribution < 1.29 is 4.79 Å². The van der Waals surface area contributed by atoms with Crippen molar-refractivity contribution in [3.05, 3.63) is 111 Å². The zero-order chi connectivity index (χ0) is 27.8. The number of rotatable bonds is 6. The average molecular weight is 575 g/mol. The Hall–Kier alpha value is -4.27. The largest absolute Gasteiger partial charge is 0.272 e. The van der Waals surface area contributed by atoms with Crippen LogP contribution in [0.3, 0.4) is 0 Å². The first-order valence-electron chi connectivity index (χ1n) is 13.7. The van der Waals surface area contributed by atoms with Crippen LogP contribution in [0.4, 0.5) is 0 Å². The number of para-hydroxylation sites is 1. The fraction of sp³-hybridized carbons (Fsp3) is 0.152. The van der Waals surface area contributed by atoms with E-state index in [0.717, 1.165) is 74.3 Å². The molecule has 8 heteroatoms. The van der Waals surface area contributed by atoms with E-state index in [1.165, 1.54) is 16.6 Å². The Morgan fingerprint density at radius 3 is 2.39 bits per heavy atom. The molecule has 1 aliphatic carbocycles. The molecule has 0 bridgehead atoms. The third-order valence-corrected chi connectivity index (χ3v) is 9.63. The van der Waals surface area contributed by atoms with Gasteiger partial charge in [0.15, 0.2) is 5.16 Å². The molecule has 2 heterocycles. The monoisotopic (exact) mass is 574 g/mol. The van der Waals surface area contributed by atoms with Crippen molar-refractivity contribution in [3.8, 4) is 5.69 Å². The minimum atomic E-state index is -0.268. The van der Waals surface area contributed by atoms with E-state index in [1.807, 2.05) is 54.6 Å². The van der Waals surface area contributed by atoms with E-state index in [0.29, 0.717) is 5.16 Å². The topological polar surface area (TPSA) is 76.3 Å². The number of thiophene rings is 1. The van der Waals surface area contributed by atoms with Crippen LogP contribution in [0.2, 0.25) is 0 Å². The Bertz CT molecular complexity index is 1970. The second kappa shape index (κ2) is 11.0. The van der Waals surface area contributed by atoms with E-state index >= 15 is 0 Å². The fourth-order valence-electron chi connectivity index (χ4n) is 5.61. The lowest BCUT2D eigenvalue weighted by Gasteiger charge is -2.13. The molecule has 0 radical (unpaired) electrons. The van der Waals surface area contributed by atoms with E-state index in [-0.39, 0.29) is 17.2 Å². The highest BCUT2D eigenvalue weighted by Crippen LogP contribution is 2.35. The SMILES string of the molecule is O=C(CSc1nc2sc3c(c2c(=O)n1-c1ccccc1)CCCC3)N/N=C\c1c2ccccc2cc2ccccc12. The highest BCUT2D eigenvalue weighted by molar-refractivity contribution is 7.99. The summed E-state index contributed by atoms with van der Waals surface area (Å²) in [5, 5.41) is 9.93. The molecule has 1 amide bonds. The lowest BCUT2D eigenvalue weighted by Crippen LogP contribution is -2.24. The number of aryl methyl sites for hydroxylation is 2. The van der Waals surface area contributed by atoms with E-state index < -0.39 is 0 Å². The number of carbonyl (C=O) groups is 1. The molecular weight excluding hydrogens is 549 g/mol. The molecule has 0 unspecified atom stereocenters. The number of thioether (sulfide) groups is 1. The smallest absolute Gasteiger partial charge is 0.267 e. The highest BCUT2D eigenvalue weighted by atomic mass is 32.2. The third-order valence-electron chi connectivity index (χ3n) is 7.50. The van der Waals surface area contributed by atoms with Gasteiger partial charge in [0.05, 0.1) is 23.0 Å². The molecule has 41 heavy (non-hydrogen) atoms. The molecule has 1 aliphatic rings. The summed E-state index contributed by atoms with van der Waals surface area (Å²) in [4.78, 5) is 33.7. The molecule has 7 rings (SSSR count). The molecule has 202 valence electrons. The molecule has 6 nitrogen and oxygen atoms in total. The summed E-state index contributed by atoms with van der Waals surface area (Å²) in [6.07, 6.45) is 5.86. The lowest BCUT2D eigenvalue weighted by atomic mass is 9.97. The first-order valence-corrected chi connectivity index (χ1v) is 15.5. The Kier molecular flexibility index (Phi) is 6.86. The summed E-state index contributed by atoms with van der Waals surface area (Å²) in [7, 11) is 0. The van der Waals surface area contributed by atoms with Crippen LogP contribution in [-0.2, 0) is 17.6 Å². The molecule has 0 fully saturated rings. The van der Waals surface area contributed by atoms with Crippen molar-refractivity contribution in [2.75, 3.05) is 5.75 Å². The number of nitrogens with zero attached hydrogens (tertiary/aromatic N) is 3. The normalized spacial score (nSPS) is 13.3. The van der Waals surface area contributed by atoms with Crippen LogP contribution < -0.4 is 11.0 Å². The molecule has 1 N–H and O–H groups in total. The number of hydrogen-bond acceptors (Lipinski definition) is 6. The van der Waals surface area contributed by atoms with Crippen LogP contribution in [0.25, 0.3) is 37.4 Å². The molecule has 0 spiro atoms. The van der Waals surface area contributed by atoms with Gasteiger partial charge in [-0.15, -0.1) is 11.3 Å². The minimum Gasteiger partial charge on any atom is -0.272 e. The first kappa shape index (κ1) is 25.7. The van der Waals surface area contributed by atoms with E-state index in [1.54, 1.807) is 22.1 Å². The summed E-state index contributed by atoms with van der Waals surface area (Å²) in [6, 6.07) is 28.0. The molecule has 4 aromatic carbocycles. The fourth-order valence-corrected chi connectivity index (χ4v) is 7.71. The molecule has 0 saturated heterocycles. The molecule has 0 aliphatic heterocycles. The maximum Gasteiger partial charge on any atom is 0.267 e. The predicted octanol–water partition coefficient (Wildman–Crippen LogP) is 6.87. The highest BCUT2D eigenvalue weighted by Gasteiger charge is 2.23. The van der Waals surface area contributed by atoms with Crippen molar-refractivity contribution in [2.45, 2.75) is 30.8 Å². The maximum absolute atomic E-state index is 13.9. The summed E-state index contributed by atoms with van der Waals surface area (Å²) < 4.78 is 1.65. The second-order valence-corrected chi connectivity index (χ2v) is 12.1. The van der Waals surface area contributed by atoms with Crippen LogP contribution in [0.5, 0.6) is 0 Å². The predicted molar refractivity (Wildman–Crippen MR) is 170 cm³/mol. The van der Waals surface area contributed by atoms with Crippen LogP contribution in [0.15, 0.2) is 100.0 Å². The van der Waals surface area contributed by atoms with Gasteiger partial charge < -0.3 is 0 Å². The molecule has 2 aromatic heterocycles. The van der Waals surface area contributed by atoms with Gasteiger partial charge in [0.25, 0.3) is 11.5 Å². The standard InChI is InChI=1S/C33H26N4O2S2/c38-29(36-34-19-27-24-14-6-4-10-21(24)18-22-11-5-7-15-25(22)27)20-40-33-35-31-30(26-16-8-9-17-28(26)41-31)32(39)37(33)23-12-2-1-3-13-23/h1-7,10-15,18-19H,8-9,16-17,20H2,(H,36,38)/b34-19-. The molecular formula is C33H26N4O2S2. The van der Waals surface area contributed by atoms with Crippen LogP contribution in [-0.4, -0.2) is 27.4 Å². The van der Waals surface area contributed by atoms with Crippen molar-refractivity contribution in [2.24, 2.45) is 5.10 Å².